The number of tetrazole rings is 1. The molecule has 1 saturated carbocycles. The minimum Gasteiger partial charge on any atom is -0.350 e. The Kier molecular flexibility index (Phi) is 5.55. The van der Waals surface area contributed by atoms with Crippen LogP contribution in [0.1, 0.15) is 23.6 Å². The minimum absolute atomic E-state index is 0.0834. The lowest BCUT2D eigenvalue weighted by molar-refractivity contribution is -0.140. The second kappa shape index (κ2) is 8.53. The summed E-state index contributed by atoms with van der Waals surface area (Å²) in [5, 5.41) is 14.6. The van der Waals surface area contributed by atoms with Crippen LogP contribution in [-0.2, 0) is 16.1 Å². The zero-order valence-electron chi connectivity index (χ0n) is 17.4. The highest BCUT2D eigenvalue weighted by Gasteiger charge is 2.57. The van der Waals surface area contributed by atoms with E-state index in [4.69, 9.17) is 17.3 Å². The first-order valence-electron chi connectivity index (χ1n) is 10.5. The lowest BCUT2D eigenvalue weighted by Crippen LogP contribution is -2.50. The number of nitrogens with one attached hydrogen (secondary N) is 1. The lowest BCUT2D eigenvalue weighted by atomic mass is 10.0. The summed E-state index contributed by atoms with van der Waals surface area (Å²) in [6, 6.07) is 9.31. The van der Waals surface area contributed by atoms with Crippen molar-refractivity contribution in [2.24, 2.45) is 17.6 Å². The first-order chi connectivity index (χ1) is 15.9. The maximum absolute atomic E-state index is 14.2. The average Bonchev–Trinajstić information content (AvgIpc) is 3.21. The Bertz CT molecular complexity index is 1210. The van der Waals surface area contributed by atoms with Crippen molar-refractivity contribution in [2.45, 2.75) is 25.0 Å². The highest BCUT2D eigenvalue weighted by Crippen LogP contribution is 2.50. The molecule has 0 radical (unpaired) electrons. The van der Waals surface area contributed by atoms with Crippen molar-refractivity contribution in [1.82, 2.24) is 30.4 Å². The Morgan fingerprint density at radius 2 is 2.09 bits per heavy atom. The van der Waals surface area contributed by atoms with Crippen molar-refractivity contribution in [3.63, 3.8) is 0 Å². The molecule has 1 aliphatic carbocycles. The van der Waals surface area contributed by atoms with Crippen LogP contribution < -0.4 is 11.1 Å². The number of aromatic nitrogens is 4. The van der Waals surface area contributed by atoms with E-state index >= 15 is 0 Å². The summed E-state index contributed by atoms with van der Waals surface area (Å²) in [7, 11) is 0. The van der Waals surface area contributed by atoms with E-state index in [0.29, 0.717) is 17.3 Å². The van der Waals surface area contributed by atoms with E-state index in [1.807, 2.05) is 0 Å². The number of carbonyl (C=O) groups is 2. The van der Waals surface area contributed by atoms with Gasteiger partial charge in [0.2, 0.25) is 11.8 Å². The van der Waals surface area contributed by atoms with E-state index in [1.165, 1.54) is 34.1 Å². The second-order valence-electron chi connectivity index (χ2n) is 8.34. The zero-order valence-corrected chi connectivity index (χ0v) is 18.2. The standard InChI is InChI=1S/C22H21ClFN7O2/c23-14-5-6-18(31-11-27-28-29-31)12(7-14)9-26-21(32)20-16-8-13(16)10-30(20)22(33)19(25)15-3-1-2-4-17(15)24/h1-7,11,13,16,19-20H,8-10,25H2,(H,26,32)/t13-,16-,19?,20-/m0/s1. The number of hydrogen-bond donors (Lipinski definition) is 2. The van der Waals surface area contributed by atoms with Gasteiger partial charge in [-0.15, -0.1) is 5.10 Å². The molecule has 1 aromatic heterocycles. The van der Waals surface area contributed by atoms with Crippen LogP contribution in [0.25, 0.3) is 5.69 Å². The van der Waals surface area contributed by atoms with E-state index in [2.05, 4.69) is 20.8 Å². The molecule has 2 aromatic carbocycles. The molecule has 3 N–H and O–H groups in total. The second-order valence-corrected chi connectivity index (χ2v) is 8.78. The van der Waals surface area contributed by atoms with Crippen LogP contribution >= 0.6 is 11.6 Å². The van der Waals surface area contributed by atoms with Gasteiger partial charge in [0, 0.05) is 23.7 Å². The number of piperidine rings is 1. The van der Waals surface area contributed by atoms with Crippen LogP contribution in [0.2, 0.25) is 5.02 Å². The number of carbonyl (C=O) groups excluding carboxylic acids is 2. The van der Waals surface area contributed by atoms with Crippen molar-refractivity contribution in [3.8, 4) is 5.69 Å². The first kappa shape index (κ1) is 21.5. The predicted octanol–water partition coefficient (Wildman–Crippen LogP) is 1.62. The largest absolute Gasteiger partial charge is 0.350 e. The molecule has 11 heteroatoms. The third kappa shape index (κ3) is 4.07. The maximum atomic E-state index is 14.2. The van der Waals surface area contributed by atoms with Crippen LogP contribution in [0.15, 0.2) is 48.8 Å². The van der Waals surface area contributed by atoms with Crippen LogP contribution in [-0.4, -0.2) is 49.5 Å². The molecule has 1 unspecified atom stereocenters. The number of hydrogen-bond acceptors (Lipinski definition) is 6. The number of nitrogens with two attached hydrogens (primary N) is 1. The Balaban J connectivity index is 1.32. The van der Waals surface area contributed by atoms with Gasteiger partial charge in [0.05, 0.1) is 5.69 Å². The molecule has 1 aliphatic heterocycles. The van der Waals surface area contributed by atoms with Gasteiger partial charge in [-0.2, -0.15) is 0 Å². The van der Waals surface area contributed by atoms with Crippen LogP contribution in [0.3, 0.4) is 0 Å². The first-order valence-corrected chi connectivity index (χ1v) is 10.9. The van der Waals surface area contributed by atoms with Gasteiger partial charge in [-0.05, 0) is 58.5 Å². The van der Waals surface area contributed by atoms with Crippen molar-refractivity contribution >= 4 is 23.4 Å². The SMILES string of the molecule is NC(C(=O)N1C[C@@H]2C[C@@H]2[C@H]1C(=O)NCc1cc(Cl)ccc1-n1cnnn1)c1ccccc1F. The Labute approximate surface area is 193 Å². The molecule has 2 amide bonds. The van der Waals surface area contributed by atoms with E-state index in [1.54, 1.807) is 24.3 Å². The number of likely N-dealkylation sites (tertiary alicyclic amines) is 1. The van der Waals surface area contributed by atoms with Gasteiger partial charge in [0.15, 0.2) is 0 Å². The Hall–Kier alpha value is -3.37. The Morgan fingerprint density at radius 1 is 1.27 bits per heavy atom. The van der Waals surface area contributed by atoms with E-state index < -0.39 is 23.8 Å². The molecule has 0 spiro atoms. The number of fused-ring (bicyclic) bond motifs is 1. The summed E-state index contributed by atoms with van der Waals surface area (Å²) < 4.78 is 15.6. The fraction of sp³-hybridized carbons (Fsp3) is 0.318. The number of amides is 2. The molecule has 9 nitrogen and oxygen atoms in total. The van der Waals surface area contributed by atoms with Crippen molar-refractivity contribution in [1.29, 1.82) is 0 Å². The van der Waals surface area contributed by atoms with Gasteiger partial charge in [0.25, 0.3) is 0 Å². The molecule has 33 heavy (non-hydrogen) atoms. The van der Waals surface area contributed by atoms with Crippen LogP contribution in [0.4, 0.5) is 4.39 Å². The van der Waals surface area contributed by atoms with Gasteiger partial charge < -0.3 is 16.0 Å². The normalized spacial score (nSPS) is 22.0. The smallest absolute Gasteiger partial charge is 0.244 e. The average molecular weight is 470 g/mol. The van der Waals surface area contributed by atoms with Crippen LogP contribution in [0, 0.1) is 17.7 Å². The molecule has 4 atom stereocenters. The summed E-state index contributed by atoms with van der Waals surface area (Å²) in [6.45, 7) is 0.612. The summed E-state index contributed by atoms with van der Waals surface area (Å²) in [5.41, 5.74) is 7.61. The topological polar surface area (TPSA) is 119 Å². The van der Waals surface area contributed by atoms with Crippen molar-refractivity contribution in [3.05, 3.63) is 70.8 Å². The van der Waals surface area contributed by atoms with E-state index in [9.17, 15) is 14.0 Å². The van der Waals surface area contributed by atoms with Crippen molar-refractivity contribution < 1.29 is 14.0 Å². The van der Waals surface area contributed by atoms with Gasteiger partial charge >= 0.3 is 0 Å². The number of benzene rings is 2. The summed E-state index contributed by atoms with van der Waals surface area (Å²) in [6.07, 6.45) is 2.33. The third-order valence-electron chi connectivity index (χ3n) is 6.30. The predicted molar refractivity (Wildman–Crippen MR) is 116 cm³/mol. The molecule has 2 heterocycles. The maximum Gasteiger partial charge on any atom is 0.244 e. The monoisotopic (exact) mass is 469 g/mol. The lowest BCUT2D eigenvalue weighted by Gasteiger charge is -2.29. The number of rotatable bonds is 6. The molecule has 3 aromatic rings. The molecule has 5 rings (SSSR count). The fourth-order valence-corrected chi connectivity index (χ4v) is 4.74. The molecular formula is C22H21ClFN7O2. The molecule has 2 aliphatic rings. The molecule has 0 bridgehead atoms. The quantitative estimate of drug-likeness (QED) is 0.566. The molecule has 170 valence electrons. The number of nitrogens with zero attached hydrogens (tertiary/aromatic N) is 5. The summed E-state index contributed by atoms with van der Waals surface area (Å²) in [5.74, 6) is -0.929. The Morgan fingerprint density at radius 3 is 2.85 bits per heavy atom. The molecule has 1 saturated heterocycles. The van der Waals surface area contributed by atoms with Gasteiger partial charge in [-0.1, -0.05) is 29.8 Å². The zero-order chi connectivity index (χ0) is 23.1. The van der Waals surface area contributed by atoms with Gasteiger partial charge in [0.1, 0.15) is 24.2 Å². The summed E-state index contributed by atoms with van der Waals surface area (Å²) >= 11 is 6.15. The van der Waals surface area contributed by atoms with Crippen LogP contribution in [0.5, 0.6) is 0 Å². The molecular weight excluding hydrogens is 449 g/mol. The number of halogens is 2. The third-order valence-corrected chi connectivity index (χ3v) is 6.53. The summed E-state index contributed by atoms with van der Waals surface area (Å²) in [4.78, 5) is 27.8. The highest BCUT2D eigenvalue weighted by atomic mass is 35.5. The van der Waals surface area contributed by atoms with Crippen molar-refractivity contribution in [2.75, 3.05) is 6.54 Å². The fourth-order valence-electron chi connectivity index (χ4n) is 4.54. The minimum atomic E-state index is -1.17. The van der Waals surface area contributed by atoms with E-state index in [-0.39, 0.29) is 29.9 Å². The van der Waals surface area contributed by atoms with Gasteiger partial charge in [-0.3, -0.25) is 9.59 Å². The van der Waals surface area contributed by atoms with E-state index in [0.717, 1.165) is 12.0 Å². The van der Waals surface area contributed by atoms with Gasteiger partial charge in [-0.25, -0.2) is 9.07 Å². The molecule has 2 fully saturated rings. The highest BCUT2D eigenvalue weighted by molar-refractivity contribution is 6.30.